The lowest BCUT2D eigenvalue weighted by Gasteiger charge is -2.16. The highest BCUT2D eigenvalue weighted by Gasteiger charge is 2.36. The van der Waals surface area contributed by atoms with Crippen molar-refractivity contribution in [1.82, 2.24) is 4.90 Å². The zero-order valence-electron chi connectivity index (χ0n) is 17.5. The minimum absolute atomic E-state index is 0.222. The summed E-state index contributed by atoms with van der Waals surface area (Å²) in [6.45, 7) is 3.28. The number of carbonyl (C=O) groups is 3. The van der Waals surface area contributed by atoms with E-state index >= 15 is 0 Å². The molecule has 0 unspecified atom stereocenters. The van der Waals surface area contributed by atoms with Gasteiger partial charge in [-0.15, -0.1) is 0 Å². The number of nitrogens with zero attached hydrogens (tertiary/aromatic N) is 1. The highest BCUT2D eigenvalue weighted by atomic mass is 127. The molecule has 0 radical (unpaired) electrons. The Labute approximate surface area is 202 Å². The molecule has 1 saturated heterocycles. The molecule has 1 aliphatic rings. The van der Waals surface area contributed by atoms with Crippen LogP contribution in [0.4, 0.5) is 14.9 Å². The van der Waals surface area contributed by atoms with E-state index in [-0.39, 0.29) is 23.8 Å². The van der Waals surface area contributed by atoms with Crippen molar-refractivity contribution < 1.29 is 28.2 Å². The van der Waals surface area contributed by atoms with Crippen LogP contribution in [0.3, 0.4) is 0 Å². The molecular formula is C22H20FIN2O5S. The lowest BCUT2D eigenvalue weighted by Crippen LogP contribution is -2.34. The number of methoxy groups -OCH3 is 1. The molecule has 0 atom stereocenters. The van der Waals surface area contributed by atoms with Crippen molar-refractivity contribution in [1.29, 1.82) is 0 Å². The van der Waals surface area contributed by atoms with Gasteiger partial charge < -0.3 is 14.8 Å². The lowest BCUT2D eigenvalue weighted by atomic mass is 10.1. The highest BCUT2D eigenvalue weighted by molar-refractivity contribution is 14.1. The van der Waals surface area contributed by atoms with Gasteiger partial charge in [0.2, 0.25) is 0 Å². The molecule has 32 heavy (non-hydrogen) atoms. The maximum Gasteiger partial charge on any atom is 0.293 e. The largest absolute Gasteiger partial charge is 0.493 e. The van der Waals surface area contributed by atoms with Crippen LogP contribution in [0.5, 0.6) is 11.5 Å². The van der Waals surface area contributed by atoms with Crippen molar-refractivity contribution in [3.8, 4) is 11.5 Å². The number of thioether (sulfide) groups is 1. The third-order valence-electron chi connectivity index (χ3n) is 4.37. The fourth-order valence-electron chi connectivity index (χ4n) is 2.91. The molecule has 2 aromatic rings. The zero-order valence-corrected chi connectivity index (χ0v) is 20.5. The molecule has 0 saturated carbocycles. The molecule has 1 N–H and O–H groups in total. The summed E-state index contributed by atoms with van der Waals surface area (Å²) >= 11 is 2.93. The van der Waals surface area contributed by atoms with E-state index in [0.717, 1.165) is 11.8 Å². The molecule has 0 aromatic heterocycles. The summed E-state index contributed by atoms with van der Waals surface area (Å²) in [5, 5.41) is 2.32. The van der Waals surface area contributed by atoms with Gasteiger partial charge in [0, 0.05) is 11.7 Å². The molecule has 1 fully saturated rings. The van der Waals surface area contributed by atoms with Crippen LogP contribution < -0.4 is 14.8 Å². The molecule has 1 aliphatic heterocycles. The summed E-state index contributed by atoms with van der Waals surface area (Å²) in [4.78, 5) is 38.3. The van der Waals surface area contributed by atoms with Crippen molar-refractivity contribution >= 4 is 63.2 Å². The number of imide groups is 1. The molecule has 10 heteroatoms. The van der Waals surface area contributed by atoms with E-state index in [2.05, 4.69) is 5.32 Å². The summed E-state index contributed by atoms with van der Waals surface area (Å²) in [6.07, 6.45) is 1.63. The maximum atomic E-state index is 13.0. The third kappa shape index (κ3) is 5.60. The molecule has 7 nitrogen and oxygen atoms in total. The number of rotatable bonds is 7. The van der Waals surface area contributed by atoms with Crippen LogP contribution in [0, 0.1) is 9.39 Å². The normalized spacial score (nSPS) is 14.9. The average Bonchev–Trinajstić information content (AvgIpc) is 3.01. The van der Waals surface area contributed by atoms with Crippen LogP contribution in [0.1, 0.15) is 19.4 Å². The first-order chi connectivity index (χ1) is 15.2. The van der Waals surface area contributed by atoms with Gasteiger partial charge in [0.15, 0.2) is 18.1 Å². The topological polar surface area (TPSA) is 84.9 Å². The molecule has 0 aliphatic carbocycles. The molecule has 1 heterocycles. The molecule has 168 valence electrons. The Balaban J connectivity index is 1.74. The Morgan fingerprint density at radius 2 is 1.94 bits per heavy atom. The summed E-state index contributed by atoms with van der Waals surface area (Å²) in [6, 6.07) is 8.60. The Morgan fingerprint density at radius 3 is 2.53 bits per heavy atom. The molecule has 3 rings (SSSR count). The number of benzene rings is 2. The van der Waals surface area contributed by atoms with Crippen molar-refractivity contribution in [3.63, 3.8) is 0 Å². The smallest absolute Gasteiger partial charge is 0.293 e. The van der Waals surface area contributed by atoms with Gasteiger partial charge in [-0.1, -0.05) is 0 Å². The summed E-state index contributed by atoms with van der Waals surface area (Å²) < 4.78 is 24.7. The number of halogens is 2. The van der Waals surface area contributed by atoms with Crippen LogP contribution >= 0.6 is 34.4 Å². The van der Waals surface area contributed by atoms with Crippen molar-refractivity contribution in [3.05, 3.63) is 56.3 Å². The number of anilines is 1. The van der Waals surface area contributed by atoms with Gasteiger partial charge in [0.05, 0.1) is 15.6 Å². The second kappa shape index (κ2) is 10.3. The first kappa shape index (κ1) is 24.1. The lowest BCUT2D eigenvalue weighted by molar-refractivity contribution is -0.123. The fourth-order valence-corrected chi connectivity index (χ4v) is 4.65. The van der Waals surface area contributed by atoms with E-state index in [1.165, 1.54) is 36.3 Å². The predicted molar refractivity (Wildman–Crippen MR) is 129 cm³/mol. The number of ether oxygens (including phenoxy) is 2. The molecule has 0 spiro atoms. The number of amides is 3. The van der Waals surface area contributed by atoms with E-state index < -0.39 is 11.7 Å². The molecular weight excluding hydrogens is 550 g/mol. The first-order valence-electron chi connectivity index (χ1n) is 9.52. The van der Waals surface area contributed by atoms with Gasteiger partial charge in [-0.2, -0.15) is 0 Å². The van der Waals surface area contributed by atoms with Gasteiger partial charge >= 0.3 is 0 Å². The number of hydrogen-bond donors (Lipinski definition) is 1. The molecule has 0 bridgehead atoms. The minimum Gasteiger partial charge on any atom is -0.493 e. The predicted octanol–water partition coefficient (Wildman–Crippen LogP) is 4.90. The van der Waals surface area contributed by atoms with E-state index in [1.807, 2.05) is 22.6 Å². The third-order valence-corrected chi connectivity index (χ3v) is 6.05. The summed E-state index contributed by atoms with van der Waals surface area (Å²) in [5.41, 5.74) is 1.11. The van der Waals surface area contributed by atoms with Crippen LogP contribution in [-0.4, -0.2) is 41.7 Å². The van der Waals surface area contributed by atoms with E-state index in [1.54, 1.807) is 32.1 Å². The zero-order chi connectivity index (χ0) is 23.4. The van der Waals surface area contributed by atoms with Crippen LogP contribution in [0.2, 0.25) is 0 Å². The van der Waals surface area contributed by atoms with Crippen LogP contribution in [-0.2, 0) is 9.59 Å². The first-order valence-corrected chi connectivity index (χ1v) is 11.4. The van der Waals surface area contributed by atoms with E-state index in [0.29, 0.717) is 31.2 Å². The van der Waals surface area contributed by atoms with E-state index in [4.69, 9.17) is 9.47 Å². The van der Waals surface area contributed by atoms with Gasteiger partial charge in [-0.25, -0.2) is 4.39 Å². The van der Waals surface area contributed by atoms with Gasteiger partial charge in [0.25, 0.3) is 17.1 Å². The van der Waals surface area contributed by atoms with Gasteiger partial charge in [0.1, 0.15) is 5.82 Å². The van der Waals surface area contributed by atoms with Gasteiger partial charge in [-0.3, -0.25) is 19.3 Å². The Hall–Kier alpha value is -2.60. The second-order valence-electron chi connectivity index (χ2n) is 7.02. The number of hydrogen-bond acceptors (Lipinski definition) is 6. The van der Waals surface area contributed by atoms with Gasteiger partial charge in [-0.05, 0) is 96.2 Å². The Bertz CT molecular complexity index is 1090. The number of carbonyl (C=O) groups excluding carboxylic acids is 3. The number of nitrogens with one attached hydrogen (secondary N) is 1. The quantitative estimate of drug-likeness (QED) is 0.377. The van der Waals surface area contributed by atoms with E-state index in [9.17, 15) is 18.8 Å². The van der Waals surface area contributed by atoms with Crippen molar-refractivity contribution in [2.24, 2.45) is 0 Å². The fraction of sp³-hybridized carbons (Fsp3) is 0.227. The standard InChI is InChI=1S/C22H20FIN2O5S/c1-12(2)26-21(28)18(32-22(26)29)10-13-8-16(24)20(17(9-13)30-3)31-11-19(27)25-15-6-4-14(23)5-7-15/h4-10,12H,11H2,1-3H3,(H,25,27)/b18-10+. The van der Waals surface area contributed by atoms with Crippen LogP contribution in [0.15, 0.2) is 41.3 Å². The SMILES string of the molecule is COc1cc(/C=C2/SC(=O)N(C(C)C)C2=O)cc(I)c1OCC(=O)Nc1ccc(F)cc1. The van der Waals surface area contributed by atoms with Crippen molar-refractivity contribution in [2.75, 3.05) is 19.0 Å². The average molecular weight is 570 g/mol. The minimum atomic E-state index is -0.416. The Morgan fingerprint density at radius 1 is 1.25 bits per heavy atom. The van der Waals surface area contributed by atoms with Crippen molar-refractivity contribution in [2.45, 2.75) is 19.9 Å². The highest BCUT2D eigenvalue weighted by Crippen LogP contribution is 2.37. The monoisotopic (exact) mass is 570 g/mol. The summed E-state index contributed by atoms with van der Waals surface area (Å²) in [5.74, 6) is -0.397. The second-order valence-corrected chi connectivity index (χ2v) is 9.18. The van der Waals surface area contributed by atoms with Crippen LogP contribution in [0.25, 0.3) is 6.08 Å². The molecule has 2 aromatic carbocycles. The maximum absolute atomic E-state index is 13.0. The molecule has 3 amide bonds. The summed E-state index contributed by atoms with van der Waals surface area (Å²) in [7, 11) is 1.47. The Kier molecular flexibility index (Phi) is 7.77.